The maximum atomic E-state index is 13.8. The van der Waals surface area contributed by atoms with Gasteiger partial charge in [0.05, 0.1) is 26.4 Å². The van der Waals surface area contributed by atoms with Crippen molar-refractivity contribution in [2.24, 2.45) is 0 Å². The lowest BCUT2D eigenvalue weighted by Crippen LogP contribution is -2.08. The molecule has 0 aliphatic carbocycles. The molecule has 2 nitrogen and oxygen atoms in total. The minimum absolute atomic E-state index is 0.172. The van der Waals surface area contributed by atoms with Crippen molar-refractivity contribution in [2.45, 2.75) is 13.0 Å². The Kier molecular flexibility index (Phi) is 3.91. The smallest absolute Gasteiger partial charge is 0.149 e. The quantitative estimate of drug-likeness (QED) is 0.616. The lowest BCUT2D eigenvalue weighted by atomic mass is 10.2. The number of halogens is 3. The van der Waals surface area contributed by atoms with Crippen LogP contribution in [0.5, 0.6) is 0 Å². The third kappa shape index (κ3) is 2.91. The average molecular weight is 369 g/mol. The van der Waals surface area contributed by atoms with Crippen molar-refractivity contribution in [3.63, 3.8) is 0 Å². The summed E-state index contributed by atoms with van der Waals surface area (Å²) in [4.78, 5) is 4.53. The van der Waals surface area contributed by atoms with Gasteiger partial charge >= 0.3 is 0 Å². The fourth-order valence-electron chi connectivity index (χ4n) is 2.00. The highest BCUT2D eigenvalue weighted by Gasteiger charge is 2.15. The summed E-state index contributed by atoms with van der Waals surface area (Å²) in [5.74, 6) is -1.24. The number of fused-ring (bicyclic) bond motifs is 1. The van der Waals surface area contributed by atoms with E-state index in [1.54, 1.807) is 11.3 Å². The summed E-state index contributed by atoms with van der Waals surface area (Å²) in [7, 11) is 0. The van der Waals surface area contributed by atoms with Crippen LogP contribution in [0.2, 0.25) is 0 Å². The van der Waals surface area contributed by atoms with Crippen molar-refractivity contribution in [1.82, 2.24) is 4.98 Å². The van der Waals surface area contributed by atoms with Crippen LogP contribution in [0.15, 0.2) is 40.9 Å². The first-order valence-electron chi connectivity index (χ1n) is 6.31. The summed E-state index contributed by atoms with van der Waals surface area (Å²) in [6.45, 7) is 1.90. The number of benzene rings is 2. The minimum atomic E-state index is -0.622. The van der Waals surface area contributed by atoms with Crippen molar-refractivity contribution in [2.75, 3.05) is 5.32 Å². The van der Waals surface area contributed by atoms with Crippen molar-refractivity contribution in [1.29, 1.82) is 0 Å². The van der Waals surface area contributed by atoms with E-state index in [9.17, 15) is 8.78 Å². The number of hydrogen-bond acceptors (Lipinski definition) is 3. The lowest BCUT2D eigenvalue weighted by molar-refractivity contribution is 0.579. The molecule has 6 heteroatoms. The Morgan fingerprint density at radius 3 is 2.71 bits per heavy atom. The summed E-state index contributed by atoms with van der Waals surface area (Å²) in [5.41, 5.74) is 1.17. The first kappa shape index (κ1) is 14.4. The number of anilines is 1. The summed E-state index contributed by atoms with van der Waals surface area (Å²) in [6.07, 6.45) is 0. The monoisotopic (exact) mass is 368 g/mol. The van der Waals surface area contributed by atoms with Crippen LogP contribution in [0.3, 0.4) is 0 Å². The molecule has 0 aliphatic heterocycles. The zero-order valence-corrected chi connectivity index (χ0v) is 13.4. The Balaban J connectivity index is 1.89. The van der Waals surface area contributed by atoms with Gasteiger partial charge in [0, 0.05) is 6.07 Å². The van der Waals surface area contributed by atoms with Crippen LogP contribution in [0, 0.1) is 11.6 Å². The van der Waals surface area contributed by atoms with Gasteiger partial charge in [0.2, 0.25) is 0 Å². The second-order valence-electron chi connectivity index (χ2n) is 4.63. The molecule has 0 amide bonds. The topological polar surface area (TPSA) is 24.9 Å². The van der Waals surface area contributed by atoms with Crippen molar-refractivity contribution in [3.05, 3.63) is 57.5 Å². The third-order valence-electron chi connectivity index (χ3n) is 3.06. The van der Waals surface area contributed by atoms with Crippen LogP contribution in [0.25, 0.3) is 10.2 Å². The van der Waals surface area contributed by atoms with Gasteiger partial charge in [0.15, 0.2) is 0 Å². The zero-order chi connectivity index (χ0) is 15.0. The van der Waals surface area contributed by atoms with E-state index < -0.39 is 11.6 Å². The van der Waals surface area contributed by atoms with Gasteiger partial charge in [0.25, 0.3) is 0 Å². The van der Waals surface area contributed by atoms with Gasteiger partial charge in [-0.25, -0.2) is 13.8 Å². The SMILES string of the molecule is CC(Nc1cc(Br)c(F)cc1F)c1nc2ccccc2s1. The number of hydrogen-bond donors (Lipinski definition) is 1. The van der Waals surface area contributed by atoms with E-state index in [1.807, 2.05) is 31.2 Å². The molecule has 0 saturated carbocycles. The van der Waals surface area contributed by atoms with Crippen LogP contribution < -0.4 is 5.32 Å². The molecule has 1 N–H and O–H groups in total. The number of nitrogens with zero attached hydrogens (tertiary/aromatic N) is 1. The summed E-state index contributed by atoms with van der Waals surface area (Å²) in [6, 6.07) is 9.91. The maximum Gasteiger partial charge on any atom is 0.149 e. The van der Waals surface area contributed by atoms with Gasteiger partial charge in [-0.1, -0.05) is 12.1 Å². The molecule has 108 valence electrons. The van der Waals surface area contributed by atoms with Crippen LogP contribution in [0.4, 0.5) is 14.5 Å². The summed E-state index contributed by atoms with van der Waals surface area (Å²) < 4.78 is 28.3. The highest BCUT2D eigenvalue weighted by Crippen LogP contribution is 2.30. The van der Waals surface area contributed by atoms with E-state index in [0.29, 0.717) is 0 Å². The Hall–Kier alpha value is -1.53. The number of nitrogens with one attached hydrogen (secondary N) is 1. The molecule has 0 aliphatic rings. The molecular formula is C15H11BrF2N2S. The standard InChI is InChI=1S/C15H11BrF2N2S/c1-8(15-20-12-4-2-3-5-14(12)21-15)19-13-6-9(16)10(17)7-11(13)18/h2-8,19H,1H3. The zero-order valence-electron chi connectivity index (χ0n) is 11.0. The second kappa shape index (κ2) is 5.69. The van der Waals surface area contributed by atoms with Gasteiger partial charge in [-0.05, 0) is 41.1 Å². The first-order chi connectivity index (χ1) is 10.0. The molecule has 0 fully saturated rings. The molecule has 21 heavy (non-hydrogen) atoms. The van der Waals surface area contributed by atoms with Gasteiger partial charge < -0.3 is 5.32 Å². The fraction of sp³-hybridized carbons (Fsp3) is 0.133. The molecule has 0 bridgehead atoms. The second-order valence-corrected chi connectivity index (χ2v) is 6.55. The largest absolute Gasteiger partial charge is 0.374 e. The van der Waals surface area contributed by atoms with Gasteiger partial charge in [-0.2, -0.15) is 0 Å². The molecule has 1 aromatic heterocycles. The van der Waals surface area contributed by atoms with E-state index >= 15 is 0 Å². The molecule has 2 aromatic carbocycles. The van der Waals surface area contributed by atoms with E-state index in [0.717, 1.165) is 21.3 Å². The minimum Gasteiger partial charge on any atom is -0.374 e. The molecule has 0 spiro atoms. The van der Waals surface area contributed by atoms with Crippen molar-refractivity contribution >= 4 is 43.2 Å². The third-order valence-corrected chi connectivity index (χ3v) is 4.89. The van der Waals surface area contributed by atoms with Crippen molar-refractivity contribution < 1.29 is 8.78 Å². The lowest BCUT2D eigenvalue weighted by Gasteiger charge is -2.14. The maximum absolute atomic E-state index is 13.8. The van der Waals surface area contributed by atoms with Gasteiger partial charge in [-0.3, -0.25) is 0 Å². The van der Waals surface area contributed by atoms with Gasteiger partial charge in [0.1, 0.15) is 16.6 Å². The Bertz CT molecular complexity index is 770. The summed E-state index contributed by atoms with van der Waals surface area (Å²) in [5, 5.41) is 3.89. The highest BCUT2D eigenvalue weighted by atomic mass is 79.9. The van der Waals surface area contributed by atoms with Crippen LogP contribution >= 0.6 is 27.3 Å². The van der Waals surface area contributed by atoms with Crippen LogP contribution in [-0.2, 0) is 0 Å². The molecule has 1 heterocycles. The van der Waals surface area contributed by atoms with Crippen LogP contribution in [0.1, 0.15) is 18.0 Å². The predicted octanol–water partition coefficient (Wildman–Crippen LogP) is 5.51. The number of thiazole rings is 1. The fourth-order valence-corrected chi connectivity index (χ4v) is 3.32. The number of rotatable bonds is 3. The highest BCUT2D eigenvalue weighted by molar-refractivity contribution is 9.10. The van der Waals surface area contributed by atoms with Crippen molar-refractivity contribution in [3.8, 4) is 0 Å². The van der Waals surface area contributed by atoms with Gasteiger partial charge in [-0.15, -0.1) is 11.3 Å². The van der Waals surface area contributed by atoms with E-state index in [-0.39, 0.29) is 16.2 Å². The molecule has 3 aromatic rings. The molecule has 0 saturated heterocycles. The molecule has 3 rings (SSSR count). The van der Waals surface area contributed by atoms with E-state index in [2.05, 4.69) is 26.2 Å². The Morgan fingerprint density at radius 2 is 1.95 bits per heavy atom. The Labute approximate surface area is 133 Å². The normalized spacial score (nSPS) is 12.6. The Morgan fingerprint density at radius 1 is 1.19 bits per heavy atom. The average Bonchev–Trinajstić information content (AvgIpc) is 2.88. The van der Waals surface area contributed by atoms with Crippen LogP contribution in [-0.4, -0.2) is 4.98 Å². The van der Waals surface area contributed by atoms with E-state index in [4.69, 9.17) is 0 Å². The number of aromatic nitrogens is 1. The molecule has 1 atom stereocenters. The first-order valence-corrected chi connectivity index (χ1v) is 7.92. The molecule has 1 unspecified atom stereocenters. The molecule has 0 radical (unpaired) electrons. The number of para-hydroxylation sites is 1. The van der Waals surface area contributed by atoms with E-state index in [1.165, 1.54) is 6.07 Å². The molecular weight excluding hydrogens is 358 g/mol. The summed E-state index contributed by atoms with van der Waals surface area (Å²) >= 11 is 4.62. The predicted molar refractivity (Wildman–Crippen MR) is 85.7 cm³/mol.